The first-order chi connectivity index (χ1) is 16.2. The SMILES string of the molecule is CC(C)(O)[C@@H](Cc1ccccc1)NC(=O)c1ccccc1-c1cc(-c2ccc(F)c(F)c2)[nH]n1. The summed E-state index contributed by atoms with van der Waals surface area (Å²) in [6, 6.07) is 21.3. The van der Waals surface area contributed by atoms with Crippen LogP contribution in [0.1, 0.15) is 29.8 Å². The van der Waals surface area contributed by atoms with Gasteiger partial charge in [-0.2, -0.15) is 5.10 Å². The number of benzene rings is 3. The predicted octanol–water partition coefficient (Wildman–Crippen LogP) is 5.13. The molecule has 0 aliphatic rings. The second-order valence-electron chi connectivity index (χ2n) is 8.71. The lowest BCUT2D eigenvalue weighted by Gasteiger charge is -2.30. The summed E-state index contributed by atoms with van der Waals surface area (Å²) in [4.78, 5) is 13.3. The van der Waals surface area contributed by atoms with E-state index in [0.29, 0.717) is 34.5 Å². The summed E-state index contributed by atoms with van der Waals surface area (Å²) in [5.41, 5.74) is 2.19. The number of carbonyl (C=O) groups excluding carboxylic acids is 1. The van der Waals surface area contributed by atoms with Crippen LogP contribution < -0.4 is 5.32 Å². The van der Waals surface area contributed by atoms with Crippen LogP contribution in [0, 0.1) is 11.6 Å². The molecule has 5 nitrogen and oxygen atoms in total. The summed E-state index contributed by atoms with van der Waals surface area (Å²) in [6.45, 7) is 3.32. The minimum absolute atomic E-state index is 0.351. The molecule has 0 fully saturated rings. The Morgan fingerprint density at radius 3 is 2.41 bits per heavy atom. The Kier molecular flexibility index (Phi) is 6.56. The van der Waals surface area contributed by atoms with Crippen molar-refractivity contribution in [2.75, 3.05) is 0 Å². The fourth-order valence-corrected chi connectivity index (χ4v) is 3.74. The normalized spacial score (nSPS) is 12.4. The van der Waals surface area contributed by atoms with Crippen LogP contribution in [-0.4, -0.2) is 32.9 Å². The summed E-state index contributed by atoms with van der Waals surface area (Å²) in [6.07, 6.45) is 0.459. The molecule has 4 aromatic rings. The van der Waals surface area contributed by atoms with Gasteiger partial charge in [0.1, 0.15) is 0 Å². The monoisotopic (exact) mass is 461 g/mol. The van der Waals surface area contributed by atoms with E-state index >= 15 is 0 Å². The highest BCUT2D eigenvalue weighted by Crippen LogP contribution is 2.28. The Labute approximate surface area is 196 Å². The number of aromatic amines is 1. The smallest absolute Gasteiger partial charge is 0.252 e. The second-order valence-corrected chi connectivity index (χ2v) is 8.71. The van der Waals surface area contributed by atoms with Gasteiger partial charge in [-0.05, 0) is 56.2 Å². The van der Waals surface area contributed by atoms with Gasteiger partial charge < -0.3 is 10.4 Å². The van der Waals surface area contributed by atoms with E-state index in [1.165, 1.54) is 6.07 Å². The highest BCUT2D eigenvalue weighted by Gasteiger charge is 2.29. The second kappa shape index (κ2) is 9.57. The Morgan fingerprint density at radius 2 is 1.71 bits per heavy atom. The van der Waals surface area contributed by atoms with E-state index in [9.17, 15) is 18.7 Å². The molecule has 0 radical (unpaired) electrons. The van der Waals surface area contributed by atoms with Crippen LogP contribution in [0.25, 0.3) is 22.5 Å². The summed E-state index contributed by atoms with van der Waals surface area (Å²) >= 11 is 0. The van der Waals surface area contributed by atoms with Crippen molar-refractivity contribution in [3.8, 4) is 22.5 Å². The van der Waals surface area contributed by atoms with Gasteiger partial charge in [0.25, 0.3) is 5.91 Å². The minimum atomic E-state index is -1.16. The summed E-state index contributed by atoms with van der Waals surface area (Å²) in [5, 5.41) is 20.8. The van der Waals surface area contributed by atoms with E-state index in [1.54, 1.807) is 44.2 Å². The lowest BCUT2D eigenvalue weighted by Crippen LogP contribution is -2.50. The topological polar surface area (TPSA) is 78.0 Å². The average Bonchev–Trinajstić information content (AvgIpc) is 3.31. The number of H-pyrrole nitrogens is 1. The molecule has 1 amide bonds. The number of halogens is 2. The maximum Gasteiger partial charge on any atom is 0.252 e. The average molecular weight is 462 g/mol. The number of rotatable bonds is 7. The molecule has 1 heterocycles. The fourth-order valence-electron chi connectivity index (χ4n) is 3.74. The van der Waals surface area contributed by atoms with Gasteiger partial charge in [0, 0.05) is 16.7 Å². The van der Waals surface area contributed by atoms with Crippen LogP contribution in [0.2, 0.25) is 0 Å². The van der Waals surface area contributed by atoms with Crippen molar-refractivity contribution in [2.24, 2.45) is 0 Å². The number of aliphatic hydroxyl groups is 1. The molecule has 7 heteroatoms. The molecular formula is C27H25F2N3O2. The van der Waals surface area contributed by atoms with E-state index in [1.807, 2.05) is 30.3 Å². The maximum atomic E-state index is 13.7. The number of nitrogens with zero attached hydrogens (tertiary/aromatic N) is 1. The quantitative estimate of drug-likeness (QED) is 0.357. The third-order valence-corrected chi connectivity index (χ3v) is 5.70. The summed E-state index contributed by atoms with van der Waals surface area (Å²) in [5.74, 6) is -2.23. The lowest BCUT2D eigenvalue weighted by molar-refractivity contribution is 0.0350. The van der Waals surface area contributed by atoms with Gasteiger partial charge >= 0.3 is 0 Å². The molecule has 3 N–H and O–H groups in total. The van der Waals surface area contributed by atoms with Crippen molar-refractivity contribution in [1.29, 1.82) is 0 Å². The van der Waals surface area contributed by atoms with Gasteiger partial charge in [-0.3, -0.25) is 9.89 Å². The van der Waals surface area contributed by atoms with E-state index in [-0.39, 0.29) is 5.91 Å². The Balaban J connectivity index is 1.61. The third-order valence-electron chi connectivity index (χ3n) is 5.70. The van der Waals surface area contributed by atoms with E-state index in [4.69, 9.17) is 0 Å². The highest BCUT2D eigenvalue weighted by molar-refractivity contribution is 6.00. The Bertz CT molecular complexity index is 1300. The number of carbonyl (C=O) groups is 1. The third kappa shape index (κ3) is 5.21. The zero-order valence-corrected chi connectivity index (χ0v) is 18.8. The van der Waals surface area contributed by atoms with Crippen molar-refractivity contribution in [3.05, 3.63) is 102 Å². The Hall–Kier alpha value is -3.84. The van der Waals surface area contributed by atoms with Crippen molar-refractivity contribution in [2.45, 2.75) is 31.9 Å². The van der Waals surface area contributed by atoms with E-state index in [0.717, 1.165) is 17.7 Å². The van der Waals surface area contributed by atoms with Crippen molar-refractivity contribution < 1.29 is 18.7 Å². The number of hydrogen-bond acceptors (Lipinski definition) is 3. The zero-order chi connectivity index (χ0) is 24.3. The maximum absolute atomic E-state index is 13.7. The first-order valence-corrected chi connectivity index (χ1v) is 10.9. The molecule has 4 rings (SSSR count). The van der Waals surface area contributed by atoms with Crippen LogP contribution in [0.15, 0.2) is 78.9 Å². The lowest BCUT2D eigenvalue weighted by atomic mass is 9.91. The molecule has 34 heavy (non-hydrogen) atoms. The number of hydrogen-bond donors (Lipinski definition) is 3. The molecule has 174 valence electrons. The Morgan fingerprint density at radius 1 is 1.00 bits per heavy atom. The first kappa shape index (κ1) is 23.3. The standard InChI is InChI=1S/C27H25F2N3O2/c1-27(2,34)25(14-17-8-4-3-5-9-17)30-26(33)20-11-7-6-10-19(20)24-16-23(31-32-24)18-12-13-21(28)22(29)15-18/h3-13,15-16,25,34H,14H2,1-2H3,(H,30,33)(H,31,32)/t25-/m1/s1. The molecule has 0 saturated heterocycles. The number of amides is 1. The fraction of sp³-hybridized carbons (Fsp3) is 0.185. The molecule has 1 aromatic heterocycles. The van der Waals surface area contributed by atoms with Gasteiger partial charge in [0.05, 0.1) is 23.0 Å². The van der Waals surface area contributed by atoms with Gasteiger partial charge in [0.2, 0.25) is 0 Å². The first-order valence-electron chi connectivity index (χ1n) is 10.9. The molecule has 0 saturated carbocycles. The summed E-state index contributed by atoms with van der Waals surface area (Å²) in [7, 11) is 0. The number of nitrogens with one attached hydrogen (secondary N) is 2. The van der Waals surface area contributed by atoms with Crippen molar-refractivity contribution >= 4 is 5.91 Å². The van der Waals surface area contributed by atoms with E-state index in [2.05, 4.69) is 15.5 Å². The predicted molar refractivity (Wildman–Crippen MR) is 127 cm³/mol. The molecular weight excluding hydrogens is 436 g/mol. The largest absolute Gasteiger partial charge is 0.388 e. The van der Waals surface area contributed by atoms with Gasteiger partial charge in [-0.25, -0.2) is 8.78 Å². The number of aromatic nitrogens is 2. The molecule has 3 aromatic carbocycles. The summed E-state index contributed by atoms with van der Waals surface area (Å²) < 4.78 is 26.9. The van der Waals surface area contributed by atoms with Crippen LogP contribution in [0.3, 0.4) is 0 Å². The van der Waals surface area contributed by atoms with Crippen molar-refractivity contribution in [1.82, 2.24) is 15.5 Å². The zero-order valence-electron chi connectivity index (χ0n) is 18.8. The molecule has 0 unspecified atom stereocenters. The van der Waals surface area contributed by atoms with Gasteiger partial charge in [-0.15, -0.1) is 0 Å². The molecule has 0 bridgehead atoms. The minimum Gasteiger partial charge on any atom is -0.388 e. The van der Waals surface area contributed by atoms with Crippen LogP contribution in [0.4, 0.5) is 8.78 Å². The van der Waals surface area contributed by atoms with Gasteiger partial charge in [0.15, 0.2) is 11.6 Å². The highest BCUT2D eigenvalue weighted by atomic mass is 19.2. The van der Waals surface area contributed by atoms with E-state index < -0.39 is 23.3 Å². The van der Waals surface area contributed by atoms with Crippen LogP contribution in [-0.2, 0) is 6.42 Å². The molecule has 0 spiro atoms. The molecule has 0 aliphatic carbocycles. The van der Waals surface area contributed by atoms with Crippen LogP contribution >= 0.6 is 0 Å². The van der Waals surface area contributed by atoms with Crippen LogP contribution in [0.5, 0.6) is 0 Å². The van der Waals surface area contributed by atoms with Gasteiger partial charge in [-0.1, -0.05) is 48.5 Å². The molecule has 1 atom stereocenters. The molecule has 0 aliphatic heterocycles. The van der Waals surface area contributed by atoms with Crippen molar-refractivity contribution in [3.63, 3.8) is 0 Å².